The minimum absolute atomic E-state index is 0.180. The Kier molecular flexibility index (Phi) is 5.06. The first-order chi connectivity index (χ1) is 8.49. The number of nitrogens with zero attached hydrogens (tertiary/aromatic N) is 2. The van der Waals surface area contributed by atoms with Crippen LogP contribution in [0.5, 0.6) is 0 Å². The van der Waals surface area contributed by atoms with Gasteiger partial charge >= 0.3 is 0 Å². The zero-order valence-corrected chi connectivity index (χ0v) is 11.8. The Hall–Kier alpha value is -1.66. The summed E-state index contributed by atoms with van der Waals surface area (Å²) in [6.07, 6.45) is 1.68. The van der Waals surface area contributed by atoms with E-state index in [1.54, 1.807) is 16.1 Å². The molecule has 4 nitrogen and oxygen atoms in total. The van der Waals surface area contributed by atoms with Crippen LogP contribution in [0.1, 0.15) is 5.56 Å². The van der Waals surface area contributed by atoms with Gasteiger partial charge in [0.05, 0.1) is 12.2 Å². The molecule has 0 aliphatic heterocycles. The zero-order valence-electron chi connectivity index (χ0n) is 10.2. The van der Waals surface area contributed by atoms with Crippen LogP contribution in [0.3, 0.4) is 0 Å². The second kappa shape index (κ2) is 6.32. The Balaban J connectivity index is 3.24. The first kappa shape index (κ1) is 14.4. The van der Waals surface area contributed by atoms with Gasteiger partial charge in [0.2, 0.25) is 0 Å². The highest BCUT2D eigenvalue weighted by Gasteiger charge is 2.20. The number of hydrogen-bond acceptors (Lipinski definition) is 2. The summed E-state index contributed by atoms with van der Waals surface area (Å²) in [5.74, 6) is 0. The molecular formula is C12H16N4S2. The molecule has 0 saturated heterocycles. The molecule has 0 saturated carbocycles. The molecule has 0 aromatic heterocycles. The van der Waals surface area contributed by atoms with Gasteiger partial charge in [-0.2, -0.15) is 0 Å². The maximum atomic E-state index is 5.77. The van der Waals surface area contributed by atoms with Crippen LogP contribution < -0.4 is 16.5 Å². The van der Waals surface area contributed by atoms with Crippen molar-refractivity contribution in [3.05, 3.63) is 42.5 Å². The van der Waals surface area contributed by atoms with Gasteiger partial charge < -0.3 is 11.5 Å². The van der Waals surface area contributed by atoms with Gasteiger partial charge in [-0.05, 0) is 43.0 Å². The molecule has 6 heteroatoms. The Morgan fingerprint density at radius 2 is 1.89 bits per heavy atom. The molecule has 0 aliphatic rings. The third-order valence-electron chi connectivity index (χ3n) is 2.35. The summed E-state index contributed by atoms with van der Waals surface area (Å²) in [6, 6.07) is 7.71. The third kappa shape index (κ3) is 3.18. The number of rotatable bonds is 3. The van der Waals surface area contributed by atoms with Crippen molar-refractivity contribution in [2.45, 2.75) is 6.92 Å². The van der Waals surface area contributed by atoms with E-state index in [9.17, 15) is 0 Å². The number of thiocarbonyl (C=S) groups is 2. The molecule has 4 N–H and O–H groups in total. The van der Waals surface area contributed by atoms with E-state index in [1.807, 2.05) is 31.2 Å². The van der Waals surface area contributed by atoms with Gasteiger partial charge in [-0.25, -0.2) is 5.01 Å². The fourth-order valence-electron chi connectivity index (χ4n) is 1.56. The van der Waals surface area contributed by atoms with E-state index in [0.717, 1.165) is 11.3 Å². The van der Waals surface area contributed by atoms with Crippen LogP contribution in [0.2, 0.25) is 0 Å². The lowest BCUT2D eigenvalue weighted by molar-refractivity contribution is 0.488. The standard InChI is InChI=1S/C12H16N4S2/c1-3-8-15(11(13)17)16(12(14)18)10-7-5-4-6-9(10)2/h3-7H,1,8H2,2H3,(H2,13,17)(H2,14,18). The van der Waals surface area contributed by atoms with Gasteiger partial charge in [0.1, 0.15) is 0 Å². The highest BCUT2D eigenvalue weighted by atomic mass is 32.1. The second-order valence-corrected chi connectivity index (χ2v) is 4.48. The Morgan fingerprint density at radius 3 is 2.33 bits per heavy atom. The Morgan fingerprint density at radius 1 is 1.28 bits per heavy atom. The van der Waals surface area contributed by atoms with Crippen molar-refractivity contribution in [2.75, 3.05) is 11.6 Å². The fourth-order valence-corrected chi connectivity index (χ4v) is 1.91. The molecule has 1 aromatic carbocycles. The van der Waals surface area contributed by atoms with Crippen molar-refractivity contribution in [1.29, 1.82) is 0 Å². The van der Waals surface area contributed by atoms with E-state index in [4.69, 9.17) is 35.9 Å². The van der Waals surface area contributed by atoms with Crippen LogP contribution in [0, 0.1) is 6.92 Å². The van der Waals surface area contributed by atoms with Crippen molar-refractivity contribution in [2.24, 2.45) is 11.5 Å². The van der Waals surface area contributed by atoms with Crippen molar-refractivity contribution < 1.29 is 0 Å². The Bertz CT molecular complexity index is 473. The average molecular weight is 280 g/mol. The SMILES string of the molecule is C=CCN(C(N)=S)N(C(N)=S)c1ccccc1C. The number of aryl methyl sites for hydroxylation is 1. The summed E-state index contributed by atoms with van der Waals surface area (Å²) in [5, 5.41) is 3.59. The monoisotopic (exact) mass is 280 g/mol. The largest absolute Gasteiger partial charge is 0.375 e. The van der Waals surface area contributed by atoms with Crippen LogP contribution >= 0.6 is 24.4 Å². The molecular weight excluding hydrogens is 264 g/mol. The van der Waals surface area contributed by atoms with E-state index < -0.39 is 0 Å². The molecule has 96 valence electrons. The normalized spacial score (nSPS) is 9.61. The first-order valence-electron chi connectivity index (χ1n) is 5.32. The molecule has 0 bridgehead atoms. The summed E-state index contributed by atoms with van der Waals surface area (Å²) in [7, 11) is 0. The molecule has 0 atom stereocenters. The molecule has 0 fully saturated rings. The number of hydrogen-bond donors (Lipinski definition) is 2. The molecule has 1 rings (SSSR count). The maximum Gasteiger partial charge on any atom is 0.190 e. The van der Waals surface area contributed by atoms with E-state index in [-0.39, 0.29) is 10.2 Å². The Labute approximate surface area is 118 Å². The minimum atomic E-state index is 0.180. The van der Waals surface area contributed by atoms with Crippen LogP contribution in [-0.2, 0) is 0 Å². The predicted octanol–water partition coefficient (Wildman–Crippen LogP) is 1.69. The fraction of sp³-hybridized carbons (Fsp3) is 0.167. The molecule has 1 aromatic rings. The van der Waals surface area contributed by atoms with E-state index in [2.05, 4.69) is 6.58 Å². The molecule has 0 spiro atoms. The molecule has 0 radical (unpaired) electrons. The van der Waals surface area contributed by atoms with Gasteiger partial charge in [0.15, 0.2) is 10.2 Å². The number of benzene rings is 1. The quantitative estimate of drug-likeness (QED) is 0.499. The highest BCUT2D eigenvalue weighted by molar-refractivity contribution is 7.80. The molecule has 0 heterocycles. The maximum absolute atomic E-state index is 5.77. The van der Waals surface area contributed by atoms with E-state index in [1.165, 1.54) is 0 Å². The molecule has 18 heavy (non-hydrogen) atoms. The topological polar surface area (TPSA) is 58.5 Å². The lowest BCUT2D eigenvalue weighted by atomic mass is 10.2. The van der Waals surface area contributed by atoms with Crippen molar-refractivity contribution >= 4 is 40.3 Å². The summed E-state index contributed by atoms with van der Waals surface area (Å²) in [6.45, 7) is 6.07. The minimum Gasteiger partial charge on any atom is -0.375 e. The number of nitrogens with two attached hydrogens (primary N) is 2. The van der Waals surface area contributed by atoms with Gasteiger partial charge in [0.25, 0.3) is 0 Å². The van der Waals surface area contributed by atoms with Crippen molar-refractivity contribution in [1.82, 2.24) is 5.01 Å². The third-order valence-corrected chi connectivity index (χ3v) is 2.73. The van der Waals surface area contributed by atoms with E-state index >= 15 is 0 Å². The molecule has 0 aliphatic carbocycles. The predicted molar refractivity (Wildman–Crippen MR) is 84.1 cm³/mol. The number of hydrazine groups is 1. The number of anilines is 1. The molecule has 0 amide bonds. The highest BCUT2D eigenvalue weighted by Crippen LogP contribution is 2.21. The summed E-state index contributed by atoms with van der Waals surface area (Å²) < 4.78 is 0. The summed E-state index contributed by atoms with van der Waals surface area (Å²) in [5.41, 5.74) is 13.3. The summed E-state index contributed by atoms with van der Waals surface area (Å²) >= 11 is 10.1. The van der Waals surface area contributed by atoms with Crippen molar-refractivity contribution in [3.63, 3.8) is 0 Å². The second-order valence-electron chi connectivity index (χ2n) is 3.65. The van der Waals surface area contributed by atoms with Crippen LogP contribution in [0.15, 0.2) is 36.9 Å². The van der Waals surface area contributed by atoms with Crippen molar-refractivity contribution in [3.8, 4) is 0 Å². The van der Waals surface area contributed by atoms with Crippen LogP contribution in [0.4, 0.5) is 5.69 Å². The van der Waals surface area contributed by atoms with Crippen LogP contribution in [0.25, 0.3) is 0 Å². The smallest absolute Gasteiger partial charge is 0.190 e. The van der Waals surface area contributed by atoms with E-state index in [0.29, 0.717) is 6.54 Å². The van der Waals surface area contributed by atoms with Gasteiger partial charge in [-0.1, -0.05) is 24.3 Å². The van der Waals surface area contributed by atoms with Gasteiger partial charge in [0, 0.05) is 0 Å². The number of para-hydroxylation sites is 1. The lowest BCUT2D eigenvalue weighted by Gasteiger charge is -2.35. The zero-order chi connectivity index (χ0) is 13.7. The van der Waals surface area contributed by atoms with Crippen LogP contribution in [-0.4, -0.2) is 21.8 Å². The summed E-state index contributed by atoms with van der Waals surface area (Å²) in [4.78, 5) is 0. The van der Waals surface area contributed by atoms with Gasteiger partial charge in [-0.3, -0.25) is 5.01 Å². The first-order valence-corrected chi connectivity index (χ1v) is 6.13. The average Bonchev–Trinajstić information content (AvgIpc) is 2.30. The van der Waals surface area contributed by atoms with Gasteiger partial charge in [-0.15, -0.1) is 6.58 Å². The lowest BCUT2D eigenvalue weighted by Crippen LogP contribution is -2.54. The molecule has 0 unspecified atom stereocenters.